The number of halogens is 1. The summed E-state index contributed by atoms with van der Waals surface area (Å²) in [7, 11) is 1.85. The van der Waals surface area contributed by atoms with E-state index in [4.69, 9.17) is 5.73 Å². The minimum Gasteiger partial charge on any atom is -0.330 e. The summed E-state index contributed by atoms with van der Waals surface area (Å²) in [5.41, 5.74) is 8.36. The smallest absolute Gasteiger partial charge is 0.123 e. The quantitative estimate of drug-likeness (QED) is 0.854. The molecule has 4 heteroatoms. The predicted octanol–water partition coefficient (Wildman–Crippen LogP) is 1.73. The lowest BCUT2D eigenvalue weighted by atomic mass is 10.1. The van der Waals surface area contributed by atoms with Crippen molar-refractivity contribution in [2.24, 2.45) is 12.8 Å². The zero-order chi connectivity index (χ0) is 11.5. The van der Waals surface area contributed by atoms with Gasteiger partial charge in [-0.2, -0.15) is 5.10 Å². The lowest BCUT2D eigenvalue weighted by Crippen LogP contribution is -2.04. The van der Waals surface area contributed by atoms with E-state index in [2.05, 4.69) is 5.10 Å². The highest BCUT2D eigenvalue weighted by Crippen LogP contribution is 2.23. The summed E-state index contributed by atoms with van der Waals surface area (Å²) in [6.07, 6.45) is 2.53. The van der Waals surface area contributed by atoms with E-state index in [9.17, 15) is 4.39 Å². The first-order valence-electron chi connectivity index (χ1n) is 5.19. The van der Waals surface area contributed by atoms with E-state index in [1.807, 2.05) is 13.1 Å². The summed E-state index contributed by atoms with van der Waals surface area (Å²) in [5, 5.41) is 4.18. The van der Waals surface area contributed by atoms with E-state index >= 15 is 0 Å². The lowest BCUT2D eigenvalue weighted by Gasteiger charge is -2.05. The fourth-order valence-corrected chi connectivity index (χ4v) is 1.83. The fourth-order valence-electron chi connectivity index (χ4n) is 1.83. The topological polar surface area (TPSA) is 43.8 Å². The molecule has 1 heterocycles. The van der Waals surface area contributed by atoms with Crippen LogP contribution in [0.3, 0.4) is 0 Å². The molecule has 0 spiro atoms. The van der Waals surface area contributed by atoms with Gasteiger partial charge < -0.3 is 5.73 Å². The van der Waals surface area contributed by atoms with E-state index in [1.54, 1.807) is 16.9 Å². The van der Waals surface area contributed by atoms with Crippen LogP contribution in [-0.2, 0) is 13.5 Å². The third kappa shape index (κ3) is 1.97. The van der Waals surface area contributed by atoms with E-state index in [1.165, 1.54) is 12.1 Å². The minimum atomic E-state index is -0.239. The Labute approximate surface area is 93.7 Å². The molecule has 1 aromatic carbocycles. The van der Waals surface area contributed by atoms with E-state index in [0.717, 1.165) is 23.2 Å². The number of rotatable bonds is 3. The van der Waals surface area contributed by atoms with Crippen LogP contribution in [0.4, 0.5) is 4.39 Å². The number of hydrogen-bond acceptors (Lipinski definition) is 2. The summed E-state index contributed by atoms with van der Waals surface area (Å²) < 4.78 is 14.9. The minimum absolute atomic E-state index is 0.239. The van der Waals surface area contributed by atoms with Crippen molar-refractivity contribution in [1.29, 1.82) is 0 Å². The van der Waals surface area contributed by atoms with Crippen LogP contribution in [0, 0.1) is 5.82 Å². The summed E-state index contributed by atoms with van der Waals surface area (Å²) >= 11 is 0. The Bertz CT molecular complexity index is 491. The third-order valence-corrected chi connectivity index (χ3v) is 2.53. The maximum absolute atomic E-state index is 13.2. The van der Waals surface area contributed by atoms with Gasteiger partial charge in [0.2, 0.25) is 0 Å². The van der Waals surface area contributed by atoms with E-state index in [0.29, 0.717) is 6.54 Å². The number of benzene rings is 1. The van der Waals surface area contributed by atoms with E-state index < -0.39 is 0 Å². The monoisotopic (exact) mass is 219 g/mol. The summed E-state index contributed by atoms with van der Waals surface area (Å²) in [4.78, 5) is 0. The Hall–Kier alpha value is -1.68. The van der Waals surface area contributed by atoms with Crippen molar-refractivity contribution in [1.82, 2.24) is 9.78 Å². The van der Waals surface area contributed by atoms with Crippen molar-refractivity contribution in [2.75, 3.05) is 6.54 Å². The van der Waals surface area contributed by atoms with Crippen molar-refractivity contribution in [2.45, 2.75) is 6.42 Å². The van der Waals surface area contributed by atoms with Gasteiger partial charge in [-0.3, -0.25) is 4.68 Å². The first-order valence-corrected chi connectivity index (χ1v) is 5.19. The normalized spacial score (nSPS) is 10.7. The van der Waals surface area contributed by atoms with E-state index in [-0.39, 0.29) is 5.82 Å². The first kappa shape index (κ1) is 10.8. The molecule has 3 nitrogen and oxygen atoms in total. The molecular weight excluding hydrogens is 205 g/mol. The van der Waals surface area contributed by atoms with Gasteiger partial charge in [-0.25, -0.2) is 4.39 Å². The molecule has 2 N–H and O–H groups in total. The predicted molar refractivity (Wildman–Crippen MR) is 61.4 cm³/mol. The van der Waals surface area contributed by atoms with Gasteiger partial charge in [-0.15, -0.1) is 0 Å². The van der Waals surface area contributed by atoms with Crippen LogP contribution in [0.5, 0.6) is 0 Å². The molecular formula is C12H14FN3. The molecule has 0 bridgehead atoms. The molecule has 2 aromatic rings. The Morgan fingerprint density at radius 3 is 2.94 bits per heavy atom. The molecule has 0 unspecified atom stereocenters. The molecule has 1 aromatic heterocycles. The highest BCUT2D eigenvalue weighted by Gasteiger charge is 2.10. The Kier molecular flexibility index (Phi) is 3.01. The fraction of sp³-hybridized carbons (Fsp3) is 0.250. The number of aromatic nitrogens is 2. The van der Waals surface area contributed by atoms with Crippen molar-refractivity contribution >= 4 is 0 Å². The standard InChI is InChI=1S/C12H14FN3/c1-16-12(10(5-6-14)8-15-16)9-3-2-4-11(13)7-9/h2-4,7-8H,5-6,14H2,1H3. The molecule has 0 radical (unpaired) electrons. The number of nitrogens with two attached hydrogens (primary N) is 1. The molecule has 0 aliphatic heterocycles. The van der Waals surface area contributed by atoms with Gasteiger partial charge >= 0.3 is 0 Å². The van der Waals surface area contributed by atoms with Crippen LogP contribution >= 0.6 is 0 Å². The van der Waals surface area contributed by atoms with Gasteiger partial charge in [-0.1, -0.05) is 12.1 Å². The highest BCUT2D eigenvalue weighted by molar-refractivity contribution is 5.63. The maximum atomic E-state index is 13.2. The van der Waals surface area contributed by atoms with Crippen molar-refractivity contribution in [3.8, 4) is 11.3 Å². The Morgan fingerprint density at radius 1 is 1.44 bits per heavy atom. The Morgan fingerprint density at radius 2 is 2.25 bits per heavy atom. The number of hydrogen-bond donors (Lipinski definition) is 1. The molecule has 0 amide bonds. The van der Waals surface area contributed by atoms with Crippen molar-refractivity contribution in [3.05, 3.63) is 41.8 Å². The van der Waals surface area contributed by atoms with Crippen LogP contribution in [0.1, 0.15) is 5.56 Å². The summed E-state index contributed by atoms with van der Waals surface area (Å²) in [5.74, 6) is -0.239. The molecule has 0 aliphatic rings. The van der Waals surface area contributed by atoms with Gasteiger partial charge in [0, 0.05) is 12.6 Å². The summed E-state index contributed by atoms with van der Waals surface area (Å²) in [6, 6.07) is 6.52. The average Bonchev–Trinajstić information content (AvgIpc) is 2.60. The second-order valence-electron chi connectivity index (χ2n) is 3.69. The Balaban J connectivity index is 2.50. The second-order valence-corrected chi connectivity index (χ2v) is 3.69. The average molecular weight is 219 g/mol. The second kappa shape index (κ2) is 4.45. The summed E-state index contributed by atoms with van der Waals surface area (Å²) in [6.45, 7) is 0.564. The van der Waals surface area contributed by atoms with Crippen LogP contribution < -0.4 is 5.73 Å². The molecule has 0 aliphatic carbocycles. The number of aryl methyl sites for hydroxylation is 1. The van der Waals surface area contributed by atoms with Crippen molar-refractivity contribution in [3.63, 3.8) is 0 Å². The van der Waals surface area contributed by atoms with Crippen molar-refractivity contribution < 1.29 is 4.39 Å². The molecule has 0 saturated heterocycles. The maximum Gasteiger partial charge on any atom is 0.123 e. The lowest BCUT2D eigenvalue weighted by molar-refractivity contribution is 0.628. The zero-order valence-corrected chi connectivity index (χ0v) is 9.15. The van der Waals surface area contributed by atoms with Gasteiger partial charge in [0.1, 0.15) is 5.82 Å². The van der Waals surface area contributed by atoms with Crippen LogP contribution in [0.2, 0.25) is 0 Å². The molecule has 84 valence electrons. The van der Waals surface area contributed by atoms with Crippen LogP contribution in [0.25, 0.3) is 11.3 Å². The first-order chi connectivity index (χ1) is 7.72. The van der Waals surface area contributed by atoms with Gasteiger partial charge in [0.25, 0.3) is 0 Å². The molecule has 0 saturated carbocycles. The van der Waals surface area contributed by atoms with Crippen LogP contribution in [0.15, 0.2) is 30.5 Å². The van der Waals surface area contributed by atoms with Gasteiger partial charge in [0.15, 0.2) is 0 Å². The zero-order valence-electron chi connectivity index (χ0n) is 9.15. The molecule has 16 heavy (non-hydrogen) atoms. The molecule has 2 rings (SSSR count). The molecule has 0 fully saturated rings. The SMILES string of the molecule is Cn1ncc(CCN)c1-c1cccc(F)c1. The largest absolute Gasteiger partial charge is 0.330 e. The third-order valence-electron chi connectivity index (χ3n) is 2.53. The van der Waals surface area contributed by atoms with Crippen LogP contribution in [-0.4, -0.2) is 16.3 Å². The molecule has 0 atom stereocenters. The number of nitrogens with zero attached hydrogens (tertiary/aromatic N) is 2. The van der Waals surface area contributed by atoms with Gasteiger partial charge in [-0.05, 0) is 30.7 Å². The van der Waals surface area contributed by atoms with Gasteiger partial charge in [0.05, 0.1) is 11.9 Å². The highest BCUT2D eigenvalue weighted by atomic mass is 19.1.